The molecule has 6 heterocycles. The first-order valence-electron chi connectivity index (χ1n) is 14.7. The standard InChI is InChI=1S/C33H28F2N8O/c34-26-8-2-6-21-5-1-7-24(27(21)26)29-28(35)30-25(18-37-29)31(39-22-17-38-43(19-22)23-9-13-36-14-10-23)41-32(40-30)44-20-33-11-3-15-42(33)16-4-12-33/h1-2,5-10,13-14,17-19H,3-4,11-12,15-16,20H2,(H,39,40,41). The highest BCUT2D eigenvalue weighted by molar-refractivity contribution is 5.99. The second kappa shape index (κ2) is 10.6. The molecule has 11 heteroatoms. The molecule has 220 valence electrons. The normalized spacial score (nSPS) is 16.0. The number of hydrogen-bond acceptors (Lipinski definition) is 8. The SMILES string of the molecule is Fc1c(-c2cccc3cccc(F)c23)ncc2c(Nc3cnn(-c4ccncc4)c3)nc(OCC34CCCN3CCC4)nc12. The number of anilines is 2. The average molecular weight is 591 g/mol. The topological polar surface area (TPSA) is 93.9 Å². The molecule has 2 aliphatic rings. The lowest BCUT2D eigenvalue weighted by Crippen LogP contribution is -2.43. The maximum Gasteiger partial charge on any atom is 0.319 e. The van der Waals surface area contributed by atoms with E-state index in [-0.39, 0.29) is 22.8 Å². The van der Waals surface area contributed by atoms with Crippen LogP contribution in [0.2, 0.25) is 0 Å². The maximum atomic E-state index is 16.5. The summed E-state index contributed by atoms with van der Waals surface area (Å²) >= 11 is 0. The van der Waals surface area contributed by atoms with Crippen LogP contribution in [-0.2, 0) is 0 Å². The first-order valence-corrected chi connectivity index (χ1v) is 14.7. The summed E-state index contributed by atoms with van der Waals surface area (Å²) in [5.74, 6) is -0.798. The minimum absolute atomic E-state index is 0.00524. The summed E-state index contributed by atoms with van der Waals surface area (Å²) in [4.78, 5) is 20.3. The number of aromatic nitrogens is 6. The van der Waals surface area contributed by atoms with Crippen LogP contribution in [0.4, 0.5) is 20.3 Å². The third-order valence-corrected chi connectivity index (χ3v) is 8.83. The molecule has 2 saturated heterocycles. The molecule has 0 spiro atoms. The number of nitrogens with zero attached hydrogens (tertiary/aromatic N) is 7. The van der Waals surface area contributed by atoms with Crippen molar-refractivity contribution in [2.75, 3.05) is 25.0 Å². The van der Waals surface area contributed by atoms with Crippen molar-refractivity contribution < 1.29 is 13.5 Å². The number of hydrogen-bond donors (Lipinski definition) is 1. The number of rotatable bonds is 7. The molecule has 4 aromatic heterocycles. The Bertz CT molecular complexity index is 2000. The minimum atomic E-state index is -0.678. The van der Waals surface area contributed by atoms with Gasteiger partial charge in [-0.3, -0.25) is 14.9 Å². The van der Waals surface area contributed by atoms with E-state index in [2.05, 4.69) is 35.3 Å². The smallest absolute Gasteiger partial charge is 0.319 e. The van der Waals surface area contributed by atoms with E-state index in [1.165, 1.54) is 12.3 Å². The second-order valence-corrected chi connectivity index (χ2v) is 11.4. The lowest BCUT2D eigenvalue weighted by atomic mass is 9.95. The first-order chi connectivity index (χ1) is 21.6. The Morgan fingerprint density at radius 2 is 1.73 bits per heavy atom. The van der Waals surface area contributed by atoms with E-state index < -0.39 is 11.6 Å². The molecule has 2 aliphatic heterocycles. The quantitative estimate of drug-likeness (QED) is 0.227. The molecule has 0 aliphatic carbocycles. The van der Waals surface area contributed by atoms with Crippen LogP contribution in [0.15, 0.2) is 79.5 Å². The van der Waals surface area contributed by atoms with Gasteiger partial charge in [-0.1, -0.05) is 30.3 Å². The Labute approximate surface area is 251 Å². The molecule has 0 unspecified atom stereocenters. The van der Waals surface area contributed by atoms with Crippen LogP contribution in [0.25, 0.3) is 38.6 Å². The van der Waals surface area contributed by atoms with Gasteiger partial charge in [-0.2, -0.15) is 15.1 Å². The summed E-state index contributed by atoms with van der Waals surface area (Å²) < 4.78 is 39.5. The van der Waals surface area contributed by atoms with Gasteiger partial charge < -0.3 is 10.1 Å². The molecule has 9 nitrogen and oxygen atoms in total. The molecule has 0 amide bonds. The van der Waals surface area contributed by atoms with Crippen molar-refractivity contribution in [1.82, 2.24) is 34.6 Å². The van der Waals surface area contributed by atoms with Crippen molar-refractivity contribution in [1.29, 1.82) is 0 Å². The van der Waals surface area contributed by atoms with Gasteiger partial charge in [-0.15, -0.1) is 0 Å². The van der Waals surface area contributed by atoms with Gasteiger partial charge in [0.25, 0.3) is 0 Å². The minimum Gasteiger partial charge on any atom is -0.461 e. The Hall–Kier alpha value is -5.03. The van der Waals surface area contributed by atoms with Gasteiger partial charge in [0.2, 0.25) is 0 Å². The van der Waals surface area contributed by atoms with Crippen LogP contribution < -0.4 is 10.1 Å². The molecular formula is C33H28F2N8O. The van der Waals surface area contributed by atoms with Gasteiger partial charge in [-0.25, -0.2) is 13.5 Å². The Kier molecular flexibility index (Phi) is 6.41. The van der Waals surface area contributed by atoms with Crippen LogP contribution in [-0.4, -0.2) is 59.9 Å². The van der Waals surface area contributed by atoms with Gasteiger partial charge in [-0.05, 0) is 62.4 Å². The van der Waals surface area contributed by atoms with Gasteiger partial charge in [0, 0.05) is 29.5 Å². The fourth-order valence-corrected chi connectivity index (χ4v) is 6.70. The Morgan fingerprint density at radius 3 is 2.55 bits per heavy atom. The van der Waals surface area contributed by atoms with Crippen LogP contribution in [0.5, 0.6) is 6.01 Å². The van der Waals surface area contributed by atoms with Gasteiger partial charge >= 0.3 is 6.01 Å². The highest BCUT2D eigenvalue weighted by Crippen LogP contribution is 2.40. The van der Waals surface area contributed by atoms with Gasteiger partial charge in [0.05, 0.1) is 34.7 Å². The monoisotopic (exact) mass is 590 g/mol. The molecule has 44 heavy (non-hydrogen) atoms. The van der Waals surface area contributed by atoms with Crippen molar-refractivity contribution in [3.63, 3.8) is 0 Å². The summed E-state index contributed by atoms with van der Waals surface area (Å²) in [6.45, 7) is 2.54. The third kappa shape index (κ3) is 4.51. The molecular weight excluding hydrogens is 562 g/mol. The second-order valence-electron chi connectivity index (χ2n) is 11.4. The first kappa shape index (κ1) is 26.6. The van der Waals surface area contributed by atoms with Crippen molar-refractivity contribution >= 4 is 33.2 Å². The van der Waals surface area contributed by atoms with E-state index in [9.17, 15) is 0 Å². The molecule has 0 saturated carbocycles. The zero-order valence-electron chi connectivity index (χ0n) is 23.7. The van der Waals surface area contributed by atoms with E-state index in [1.807, 2.05) is 12.1 Å². The number of halogens is 2. The average Bonchev–Trinajstić information content (AvgIpc) is 3.78. The zero-order valence-corrected chi connectivity index (χ0v) is 23.7. The van der Waals surface area contributed by atoms with Crippen LogP contribution in [0, 0.1) is 11.6 Å². The van der Waals surface area contributed by atoms with E-state index in [4.69, 9.17) is 4.74 Å². The highest BCUT2D eigenvalue weighted by Gasteiger charge is 2.45. The number of benzene rings is 2. The van der Waals surface area contributed by atoms with E-state index in [1.54, 1.807) is 59.8 Å². The largest absolute Gasteiger partial charge is 0.461 e. The molecule has 6 aromatic rings. The third-order valence-electron chi connectivity index (χ3n) is 8.83. The summed E-state index contributed by atoms with van der Waals surface area (Å²) in [5.41, 5.74) is 1.81. The summed E-state index contributed by atoms with van der Waals surface area (Å²) in [6.07, 6.45) is 12.7. The summed E-state index contributed by atoms with van der Waals surface area (Å²) in [5, 5.41) is 9.02. The van der Waals surface area contributed by atoms with Crippen LogP contribution in [0.1, 0.15) is 25.7 Å². The van der Waals surface area contributed by atoms with E-state index >= 15 is 8.78 Å². The zero-order chi connectivity index (χ0) is 29.7. The van der Waals surface area contributed by atoms with Crippen LogP contribution in [0.3, 0.4) is 0 Å². The van der Waals surface area contributed by atoms with Crippen molar-refractivity contribution in [2.45, 2.75) is 31.2 Å². The van der Waals surface area contributed by atoms with Crippen molar-refractivity contribution in [2.24, 2.45) is 0 Å². The Balaban J connectivity index is 1.23. The fourth-order valence-electron chi connectivity index (χ4n) is 6.70. The maximum absolute atomic E-state index is 16.5. The number of nitrogens with one attached hydrogen (secondary N) is 1. The summed E-state index contributed by atoms with van der Waals surface area (Å²) in [6, 6.07) is 13.8. The molecule has 1 N–H and O–H groups in total. The molecule has 0 atom stereocenters. The molecule has 0 radical (unpaired) electrons. The number of ether oxygens (including phenoxy) is 1. The predicted molar refractivity (Wildman–Crippen MR) is 163 cm³/mol. The predicted octanol–water partition coefficient (Wildman–Crippen LogP) is 6.45. The van der Waals surface area contributed by atoms with Crippen molar-refractivity contribution in [3.8, 4) is 23.0 Å². The van der Waals surface area contributed by atoms with E-state index in [0.29, 0.717) is 39.8 Å². The highest BCUT2D eigenvalue weighted by atomic mass is 19.1. The van der Waals surface area contributed by atoms with E-state index in [0.717, 1.165) is 44.5 Å². The number of fused-ring (bicyclic) bond motifs is 3. The molecule has 8 rings (SSSR count). The number of pyridine rings is 2. The molecule has 2 aromatic carbocycles. The lowest BCUT2D eigenvalue weighted by Gasteiger charge is -2.31. The van der Waals surface area contributed by atoms with Gasteiger partial charge in [0.15, 0.2) is 5.82 Å². The Morgan fingerprint density at radius 1 is 0.932 bits per heavy atom. The van der Waals surface area contributed by atoms with Gasteiger partial charge in [0.1, 0.15) is 29.5 Å². The van der Waals surface area contributed by atoms with Crippen molar-refractivity contribution in [3.05, 3.63) is 91.1 Å². The molecule has 2 fully saturated rings. The summed E-state index contributed by atoms with van der Waals surface area (Å²) in [7, 11) is 0. The lowest BCUT2D eigenvalue weighted by molar-refractivity contribution is 0.108. The fraction of sp³-hybridized carbons (Fsp3) is 0.242. The molecule has 0 bridgehead atoms. The van der Waals surface area contributed by atoms with Crippen LogP contribution >= 0.6 is 0 Å².